The van der Waals surface area contributed by atoms with Crippen LogP contribution in [0.5, 0.6) is 0 Å². The van der Waals surface area contributed by atoms with Gasteiger partial charge in [0.15, 0.2) is 5.76 Å². The molecule has 6 nitrogen and oxygen atoms in total. The lowest BCUT2D eigenvalue weighted by Gasteiger charge is -2.20. The van der Waals surface area contributed by atoms with Crippen LogP contribution in [0.15, 0.2) is 27.2 Å². The smallest absolute Gasteiger partial charge is 0.283 e. The highest BCUT2D eigenvalue weighted by molar-refractivity contribution is 5.42. The molecule has 1 aliphatic rings. The minimum Gasteiger partial charge on any atom is -0.459 e. The van der Waals surface area contributed by atoms with Crippen molar-refractivity contribution in [2.24, 2.45) is 5.73 Å². The second kappa shape index (κ2) is 4.91. The van der Waals surface area contributed by atoms with E-state index in [-0.39, 0.29) is 0 Å². The average molecular weight is 248 g/mol. The number of likely N-dealkylation sites (tertiary alicyclic amines) is 1. The third kappa shape index (κ3) is 2.16. The SMILES string of the molecule is NCC1CCCN1Cc1nnc(-c2ccco2)o1. The van der Waals surface area contributed by atoms with E-state index in [4.69, 9.17) is 14.6 Å². The quantitative estimate of drug-likeness (QED) is 0.877. The fourth-order valence-corrected chi connectivity index (χ4v) is 2.36. The van der Waals surface area contributed by atoms with E-state index in [2.05, 4.69) is 15.1 Å². The standard InChI is InChI=1S/C12H16N4O2/c13-7-9-3-1-5-16(9)8-11-14-15-12(18-11)10-4-2-6-17-10/h2,4,6,9H,1,3,5,7-8,13H2. The molecule has 1 fully saturated rings. The predicted molar refractivity (Wildman–Crippen MR) is 64.5 cm³/mol. The highest BCUT2D eigenvalue weighted by atomic mass is 16.4. The Labute approximate surface area is 105 Å². The molecule has 0 saturated carbocycles. The molecule has 2 aromatic heterocycles. The predicted octanol–water partition coefficient (Wildman–Crippen LogP) is 1.25. The van der Waals surface area contributed by atoms with E-state index >= 15 is 0 Å². The largest absolute Gasteiger partial charge is 0.459 e. The van der Waals surface area contributed by atoms with Gasteiger partial charge in [0, 0.05) is 12.6 Å². The van der Waals surface area contributed by atoms with Gasteiger partial charge in [0.05, 0.1) is 12.8 Å². The summed E-state index contributed by atoms with van der Waals surface area (Å²) < 4.78 is 10.8. The fraction of sp³-hybridized carbons (Fsp3) is 0.500. The minimum atomic E-state index is 0.429. The molecule has 0 aliphatic carbocycles. The van der Waals surface area contributed by atoms with E-state index in [0.717, 1.165) is 13.0 Å². The van der Waals surface area contributed by atoms with Gasteiger partial charge in [0.1, 0.15) is 0 Å². The summed E-state index contributed by atoms with van der Waals surface area (Å²) in [5.41, 5.74) is 5.74. The molecule has 0 amide bonds. The Hall–Kier alpha value is -1.66. The molecule has 0 bridgehead atoms. The van der Waals surface area contributed by atoms with Crippen molar-refractivity contribution in [2.45, 2.75) is 25.4 Å². The maximum Gasteiger partial charge on any atom is 0.283 e. The van der Waals surface area contributed by atoms with Crippen molar-refractivity contribution < 1.29 is 8.83 Å². The first kappa shape index (κ1) is 11.4. The second-order valence-corrected chi connectivity index (χ2v) is 4.48. The Morgan fingerprint density at radius 3 is 3.17 bits per heavy atom. The molecule has 1 atom stereocenters. The zero-order chi connectivity index (χ0) is 12.4. The molecule has 96 valence electrons. The Morgan fingerprint density at radius 2 is 2.39 bits per heavy atom. The maximum absolute atomic E-state index is 5.74. The van der Waals surface area contributed by atoms with Crippen LogP contribution >= 0.6 is 0 Å². The van der Waals surface area contributed by atoms with Crippen LogP contribution in [-0.2, 0) is 6.54 Å². The van der Waals surface area contributed by atoms with E-state index in [1.54, 1.807) is 18.4 Å². The van der Waals surface area contributed by atoms with Gasteiger partial charge < -0.3 is 14.6 Å². The summed E-state index contributed by atoms with van der Waals surface area (Å²) in [6.07, 6.45) is 3.92. The van der Waals surface area contributed by atoms with E-state index < -0.39 is 0 Å². The number of rotatable bonds is 4. The van der Waals surface area contributed by atoms with Crippen LogP contribution in [0.3, 0.4) is 0 Å². The third-order valence-corrected chi connectivity index (χ3v) is 3.31. The summed E-state index contributed by atoms with van der Waals surface area (Å²) in [7, 11) is 0. The monoisotopic (exact) mass is 248 g/mol. The molecule has 3 heterocycles. The van der Waals surface area contributed by atoms with Gasteiger partial charge in [0.2, 0.25) is 5.89 Å². The van der Waals surface area contributed by atoms with Gasteiger partial charge in [-0.05, 0) is 31.5 Å². The molecule has 6 heteroatoms. The summed E-state index contributed by atoms with van der Waals surface area (Å²) in [6, 6.07) is 4.03. The molecular weight excluding hydrogens is 232 g/mol. The van der Waals surface area contributed by atoms with Crippen molar-refractivity contribution in [2.75, 3.05) is 13.1 Å². The summed E-state index contributed by atoms with van der Waals surface area (Å²) in [4.78, 5) is 2.29. The lowest BCUT2D eigenvalue weighted by Crippen LogP contribution is -2.34. The zero-order valence-electron chi connectivity index (χ0n) is 10.1. The van der Waals surface area contributed by atoms with E-state index in [1.807, 2.05) is 0 Å². The number of hydrogen-bond donors (Lipinski definition) is 1. The first-order valence-electron chi connectivity index (χ1n) is 6.17. The normalized spacial score (nSPS) is 20.6. The van der Waals surface area contributed by atoms with Crippen molar-refractivity contribution in [3.05, 3.63) is 24.3 Å². The lowest BCUT2D eigenvalue weighted by molar-refractivity contribution is 0.226. The summed E-state index contributed by atoms with van der Waals surface area (Å²) in [5.74, 6) is 1.64. The van der Waals surface area contributed by atoms with Crippen LogP contribution in [0.1, 0.15) is 18.7 Å². The molecule has 3 rings (SSSR count). The molecule has 1 aliphatic heterocycles. The third-order valence-electron chi connectivity index (χ3n) is 3.31. The van der Waals surface area contributed by atoms with Gasteiger partial charge in [-0.25, -0.2) is 0 Å². The van der Waals surface area contributed by atoms with E-state index in [9.17, 15) is 0 Å². The molecular formula is C12H16N4O2. The summed E-state index contributed by atoms with van der Waals surface area (Å²) in [5, 5.41) is 8.03. The number of nitrogens with zero attached hydrogens (tertiary/aromatic N) is 3. The van der Waals surface area contributed by atoms with Gasteiger partial charge in [0.25, 0.3) is 5.89 Å². The number of nitrogens with two attached hydrogens (primary N) is 1. The fourth-order valence-electron chi connectivity index (χ4n) is 2.36. The highest BCUT2D eigenvalue weighted by Crippen LogP contribution is 2.21. The zero-order valence-corrected chi connectivity index (χ0v) is 10.1. The summed E-state index contributed by atoms with van der Waals surface area (Å²) >= 11 is 0. The molecule has 1 saturated heterocycles. The lowest BCUT2D eigenvalue weighted by atomic mass is 10.2. The van der Waals surface area contributed by atoms with Crippen molar-refractivity contribution >= 4 is 0 Å². The molecule has 2 aromatic rings. The van der Waals surface area contributed by atoms with Gasteiger partial charge in [-0.2, -0.15) is 0 Å². The van der Waals surface area contributed by atoms with Crippen LogP contribution in [0, 0.1) is 0 Å². The Bertz CT molecular complexity index is 494. The number of aromatic nitrogens is 2. The van der Waals surface area contributed by atoms with E-state index in [0.29, 0.717) is 36.7 Å². The average Bonchev–Trinajstić information content (AvgIpc) is 3.10. The van der Waals surface area contributed by atoms with Gasteiger partial charge in [-0.1, -0.05) is 0 Å². The first-order chi connectivity index (χ1) is 8.86. The van der Waals surface area contributed by atoms with Crippen LogP contribution in [0.2, 0.25) is 0 Å². The molecule has 18 heavy (non-hydrogen) atoms. The second-order valence-electron chi connectivity index (χ2n) is 4.48. The molecule has 0 radical (unpaired) electrons. The van der Waals surface area contributed by atoms with Gasteiger partial charge in [-0.3, -0.25) is 4.90 Å². The molecule has 1 unspecified atom stereocenters. The Morgan fingerprint density at radius 1 is 1.44 bits per heavy atom. The molecule has 0 aromatic carbocycles. The summed E-state index contributed by atoms with van der Waals surface area (Å²) in [6.45, 7) is 2.38. The maximum atomic E-state index is 5.74. The minimum absolute atomic E-state index is 0.429. The van der Waals surface area contributed by atoms with E-state index in [1.165, 1.54) is 6.42 Å². The van der Waals surface area contributed by atoms with Crippen molar-refractivity contribution in [3.8, 4) is 11.7 Å². The Balaban J connectivity index is 1.70. The number of hydrogen-bond acceptors (Lipinski definition) is 6. The molecule has 0 spiro atoms. The van der Waals surface area contributed by atoms with Gasteiger partial charge in [-0.15, -0.1) is 10.2 Å². The first-order valence-corrected chi connectivity index (χ1v) is 6.17. The van der Waals surface area contributed by atoms with Crippen molar-refractivity contribution in [1.82, 2.24) is 15.1 Å². The van der Waals surface area contributed by atoms with Crippen LogP contribution in [-0.4, -0.2) is 34.2 Å². The van der Waals surface area contributed by atoms with Gasteiger partial charge >= 0.3 is 0 Å². The van der Waals surface area contributed by atoms with Crippen molar-refractivity contribution in [1.29, 1.82) is 0 Å². The molecule has 2 N–H and O–H groups in total. The highest BCUT2D eigenvalue weighted by Gasteiger charge is 2.25. The van der Waals surface area contributed by atoms with Crippen LogP contribution in [0.25, 0.3) is 11.7 Å². The van der Waals surface area contributed by atoms with Crippen LogP contribution < -0.4 is 5.73 Å². The number of furan rings is 1. The van der Waals surface area contributed by atoms with Crippen molar-refractivity contribution in [3.63, 3.8) is 0 Å². The topological polar surface area (TPSA) is 81.3 Å². The Kier molecular flexibility index (Phi) is 3.12. The van der Waals surface area contributed by atoms with Crippen LogP contribution in [0.4, 0.5) is 0 Å².